The van der Waals surface area contributed by atoms with Crippen LogP contribution in [0.15, 0.2) is 78.0 Å². The average molecular weight is 611 g/mol. The Bertz CT molecular complexity index is 1610. The van der Waals surface area contributed by atoms with Gasteiger partial charge in [0.15, 0.2) is 17.3 Å². The van der Waals surface area contributed by atoms with Gasteiger partial charge in [-0.05, 0) is 54.3 Å². The number of benzene rings is 3. The zero-order valence-corrected chi connectivity index (χ0v) is 26.8. The van der Waals surface area contributed by atoms with Crippen LogP contribution in [0.1, 0.15) is 38.3 Å². The summed E-state index contributed by atoms with van der Waals surface area (Å²) < 4.78 is 16.9. The highest BCUT2D eigenvalue weighted by Crippen LogP contribution is 2.50. The van der Waals surface area contributed by atoms with E-state index in [2.05, 4.69) is 41.1 Å². The first-order valence-corrected chi connectivity index (χ1v) is 15.5. The lowest BCUT2D eigenvalue weighted by molar-refractivity contribution is -0.130. The number of rotatable bonds is 7. The zero-order valence-electron chi connectivity index (χ0n) is 26.8. The van der Waals surface area contributed by atoms with E-state index in [0.29, 0.717) is 43.0 Å². The number of hydrogen-bond acceptors (Lipinski definition) is 8. The number of nitrogens with zero attached hydrogens (tertiary/aromatic N) is 3. The van der Waals surface area contributed by atoms with Crippen LogP contribution in [-0.4, -0.2) is 70.6 Å². The maximum atomic E-state index is 14.2. The number of para-hydroxylation sites is 3. The molecule has 0 bridgehead atoms. The van der Waals surface area contributed by atoms with Gasteiger partial charge in [0.05, 0.1) is 45.3 Å². The molecule has 6 rings (SSSR count). The van der Waals surface area contributed by atoms with E-state index >= 15 is 0 Å². The van der Waals surface area contributed by atoms with E-state index in [0.717, 1.165) is 47.2 Å². The molecular formula is C36H42N4O5. The van der Waals surface area contributed by atoms with E-state index in [4.69, 9.17) is 14.2 Å². The van der Waals surface area contributed by atoms with Gasteiger partial charge in [-0.15, -0.1) is 0 Å². The Hall–Kier alpha value is -4.66. The van der Waals surface area contributed by atoms with Crippen LogP contribution < -0.4 is 29.3 Å². The molecule has 3 aliphatic rings. The minimum atomic E-state index is -0.561. The summed E-state index contributed by atoms with van der Waals surface area (Å²) in [6.45, 7) is 7.01. The smallest absolute Gasteiger partial charge is 0.242 e. The van der Waals surface area contributed by atoms with Crippen molar-refractivity contribution in [2.45, 2.75) is 32.7 Å². The van der Waals surface area contributed by atoms with Crippen molar-refractivity contribution in [2.75, 3.05) is 69.2 Å². The molecule has 1 aliphatic carbocycles. The molecule has 0 saturated carbocycles. The minimum absolute atomic E-state index is 0.0127. The summed E-state index contributed by atoms with van der Waals surface area (Å²) in [5.41, 5.74) is 4.99. The summed E-state index contributed by atoms with van der Waals surface area (Å²) in [4.78, 5) is 34.6. The predicted octanol–water partition coefficient (Wildman–Crippen LogP) is 5.68. The lowest BCUT2D eigenvalue weighted by Gasteiger charge is -2.40. The Balaban J connectivity index is 1.37. The van der Waals surface area contributed by atoms with E-state index in [1.54, 1.807) is 21.3 Å². The van der Waals surface area contributed by atoms with Crippen molar-refractivity contribution in [1.82, 2.24) is 4.90 Å². The maximum Gasteiger partial charge on any atom is 0.242 e. The third-order valence-electron chi connectivity index (χ3n) is 9.11. The van der Waals surface area contributed by atoms with Crippen molar-refractivity contribution >= 4 is 28.8 Å². The van der Waals surface area contributed by atoms with Crippen LogP contribution in [0, 0.1) is 5.41 Å². The van der Waals surface area contributed by atoms with Crippen LogP contribution in [0.3, 0.4) is 0 Å². The molecule has 1 atom stereocenters. The summed E-state index contributed by atoms with van der Waals surface area (Å²) in [6, 6.07) is 21.2. The summed E-state index contributed by atoms with van der Waals surface area (Å²) in [7, 11) is 4.88. The van der Waals surface area contributed by atoms with Gasteiger partial charge in [0.1, 0.15) is 5.75 Å². The van der Waals surface area contributed by atoms with Crippen molar-refractivity contribution < 1.29 is 23.8 Å². The standard InChI is InChI=1S/C36H42N4O5/c1-36(2)21-28-33(30(41)22-36)34(26-9-8-12-31(44-4)35(26)45-5)40(29-11-7-6-10-27(29)37-28)23-32(42)39-19-17-38(18-20-39)24-13-15-25(43-3)16-14-24/h6-16,34,37H,17-23H2,1-5H3. The highest BCUT2D eigenvalue weighted by molar-refractivity contribution is 6.02. The molecule has 1 unspecified atom stereocenters. The molecular weight excluding hydrogens is 568 g/mol. The van der Waals surface area contributed by atoms with E-state index in [1.807, 2.05) is 59.5 Å². The number of carbonyl (C=O) groups excluding carboxylic acids is 2. The number of fused-ring (bicyclic) bond motifs is 1. The van der Waals surface area contributed by atoms with Crippen molar-refractivity contribution in [1.29, 1.82) is 0 Å². The molecule has 1 N–H and O–H groups in total. The lowest BCUT2D eigenvalue weighted by Crippen LogP contribution is -2.52. The second-order valence-corrected chi connectivity index (χ2v) is 12.7. The monoisotopic (exact) mass is 610 g/mol. The van der Waals surface area contributed by atoms with Gasteiger partial charge < -0.3 is 34.2 Å². The number of Topliss-reactive ketones (excluding diaryl/α,β-unsaturated/α-hetero) is 1. The van der Waals surface area contributed by atoms with Gasteiger partial charge in [-0.25, -0.2) is 0 Å². The number of amides is 1. The molecule has 2 heterocycles. The van der Waals surface area contributed by atoms with Gasteiger partial charge in [-0.1, -0.05) is 38.1 Å². The van der Waals surface area contributed by atoms with Gasteiger partial charge in [0.2, 0.25) is 5.91 Å². The van der Waals surface area contributed by atoms with Crippen molar-refractivity contribution in [2.24, 2.45) is 5.41 Å². The van der Waals surface area contributed by atoms with Crippen molar-refractivity contribution in [3.63, 3.8) is 0 Å². The number of hydrogen-bond donors (Lipinski definition) is 1. The molecule has 2 aliphatic heterocycles. The number of ether oxygens (including phenoxy) is 3. The number of nitrogens with one attached hydrogen (secondary N) is 1. The number of anilines is 3. The predicted molar refractivity (Wildman–Crippen MR) is 177 cm³/mol. The first-order valence-electron chi connectivity index (χ1n) is 15.5. The van der Waals surface area contributed by atoms with Gasteiger partial charge in [-0.3, -0.25) is 9.59 Å². The minimum Gasteiger partial charge on any atom is -0.497 e. The summed E-state index contributed by atoms with van der Waals surface area (Å²) >= 11 is 0. The zero-order chi connectivity index (χ0) is 31.7. The number of piperazine rings is 1. The molecule has 3 aromatic carbocycles. The van der Waals surface area contributed by atoms with E-state index in [9.17, 15) is 9.59 Å². The molecule has 0 aromatic heterocycles. The normalized spacial score (nSPS) is 19.3. The summed E-state index contributed by atoms with van der Waals surface area (Å²) in [5, 5.41) is 3.63. The number of allylic oxidation sites excluding steroid dienone is 1. The molecule has 1 amide bonds. The van der Waals surface area contributed by atoms with E-state index < -0.39 is 6.04 Å². The second kappa shape index (κ2) is 12.4. The highest BCUT2D eigenvalue weighted by Gasteiger charge is 2.43. The fraction of sp³-hybridized carbons (Fsp3) is 0.389. The van der Waals surface area contributed by atoms with Crippen LogP contribution in [0.5, 0.6) is 17.2 Å². The number of methoxy groups -OCH3 is 3. The molecule has 0 spiro atoms. The Labute approximate surface area is 265 Å². The van der Waals surface area contributed by atoms with E-state index in [-0.39, 0.29) is 23.7 Å². The van der Waals surface area contributed by atoms with Crippen molar-refractivity contribution in [3.8, 4) is 17.2 Å². The highest BCUT2D eigenvalue weighted by atomic mass is 16.5. The molecule has 236 valence electrons. The van der Waals surface area contributed by atoms with Crippen LogP contribution in [-0.2, 0) is 9.59 Å². The van der Waals surface area contributed by atoms with Gasteiger partial charge in [-0.2, -0.15) is 0 Å². The van der Waals surface area contributed by atoms with Gasteiger partial charge in [0, 0.05) is 55.1 Å². The molecule has 1 fully saturated rings. The largest absolute Gasteiger partial charge is 0.497 e. The number of carbonyl (C=O) groups is 2. The summed E-state index contributed by atoms with van der Waals surface area (Å²) in [5.74, 6) is 2.03. The second-order valence-electron chi connectivity index (χ2n) is 12.7. The maximum absolute atomic E-state index is 14.2. The van der Waals surface area contributed by atoms with Crippen molar-refractivity contribution in [3.05, 3.63) is 83.6 Å². The average Bonchev–Trinajstić information content (AvgIpc) is 3.18. The fourth-order valence-electron chi connectivity index (χ4n) is 6.93. The SMILES string of the molecule is COc1ccc(N2CCN(C(=O)CN3c4ccccc4NC4=C(C(=O)CC(C)(C)C4)C3c3cccc(OC)c3OC)CC2)cc1. The molecule has 9 nitrogen and oxygen atoms in total. The lowest BCUT2D eigenvalue weighted by atomic mass is 9.73. The fourth-order valence-corrected chi connectivity index (χ4v) is 6.93. The molecule has 45 heavy (non-hydrogen) atoms. The Kier molecular flexibility index (Phi) is 8.36. The van der Waals surface area contributed by atoms with Crippen LogP contribution >= 0.6 is 0 Å². The summed E-state index contributed by atoms with van der Waals surface area (Å²) in [6.07, 6.45) is 1.13. The van der Waals surface area contributed by atoms with Gasteiger partial charge in [0.25, 0.3) is 0 Å². The topological polar surface area (TPSA) is 83.6 Å². The van der Waals surface area contributed by atoms with Gasteiger partial charge >= 0.3 is 0 Å². The van der Waals surface area contributed by atoms with E-state index in [1.165, 1.54) is 0 Å². The molecule has 3 aromatic rings. The van der Waals surface area contributed by atoms with Crippen LogP contribution in [0.4, 0.5) is 17.1 Å². The van der Waals surface area contributed by atoms with Crippen LogP contribution in [0.25, 0.3) is 0 Å². The third kappa shape index (κ3) is 5.91. The Morgan fingerprint density at radius 1 is 0.867 bits per heavy atom. The number of ketones is 1. The first-order chi connectivity index (χ1) is 21.7. The third-order valence-corrected chi connectivity index (χ3v) is 9.11. The molecule has 0 radical (unpaired) electrons. The Morgan fingerprint density at radius 3 is 2.29 bits per heavy atom. The molecule has 9 heteroatoms. The van der Waals surface area contributed by atoms with Crippen LogP contribution in [0.2, 0.25) is 0 Å². The first kappa shape index (κ1) is 30.4. The molecule has 1 saturated heterocycles. The Morgan fingerprint density at radius 2 is 1.60 bits per heavy atom. The quantitative estimate of drug-likeness (QED) is 0.366.